The van der Waals surface area contributed by atoms with Gasteiger partial charge in [-0.15, -0.1) is 0 Å². The molecular weight excluding hydrogens is 152 g/mol. The molecule has 0 aromatic rings. The Morgan fingerprint density at radius 2 is 2.08 bits per heavy atom. The molecule has 2 heteroatoms. The molecule has 0 saturated heterocycles. The molecular formula is C10H12O2. The molecule has 0 unspecified atom stereocenters. The van der Waals surface area contributed by atoms with Gasteiger partial charge in [0.25, 0.3) is 0 Å². The zero-order valence-electron chi connectivity index (χ0n) is 6.95. The molecule has 12 heavy (non-hydrogen) atoms. The molecule has 2 nitrogen and oxygen atoms in total. The first-order chi connectivity index (χ1) is 5.79. The van der Waals surface area contributed by atoms with Gasteiger partial charge in [-0.3, -0.25) is 0 Å². The van der Waals surface area contributed by atoms with Crippen LogP contribution >= 0.6 is 0 Å². The van der Waals surface area contributed by atoms with E-state index in [2.05, 4.69) is 6.58 Å². The second kappa shape index (κ2) is 3.48. The van der Waals surface area contributed by atoms with Gasteiger partial charge in [-0.05, 0) is 24.8 Å². The molecule has 1 aliphatic carbocycles. The lowest BCUT2D eigenvalue weighted by Crippen LogP contribution is -2.28. The summed E-state index contributed by atoms with van der Waals surface area (Å²) in [5.74, 6) is 0. The van der Waals surface area contributed by atoms with E-state index in [4.69, 9.17) is 0 Å². The van der Waals surface area contributed by atoms with Crippen molar-refractivity contribution in [2.45, 2.75) is 19.3 Å². The van der Waals surface area contributed by atoms with Crippen molar-refractivity contribution in [3.05, 3.63) is 24.3 Å². The number of hydrogen-bond acceptors (Lipinski definition) is 2. The van der Waals surface area contributed by atoms with Crippen LogP contribution in [0.1, 0.15) is 19.3 Å². The van der Waals surface area contributed by atoms with E-state index in [0.29, 0.717) is 6.42 Å². The molecule has 0 saturated carbocycles. The van der Waals surface area contributed by atoms with Crippen molar-refractivity contribution in [2.75, 3.05) is 0 Å². The minimum atomic E-state index is -0.889. The Hall–Kier alpha value is -1.18. The van der Waals surface area contributed by atoms with Gasteiger partial charge in [-0.1, -0.05) is 18.7 Å². The van der Waals surface area contributed by atoms with E-state index in [9.17, 15) is 9.59 Å². The Labute approximate surface area is 72.0 Å². The fraction of sp³-hybridized carbons (Fsp3) is 0.400. The van der Waals surface area contributed by atoms with Crippen LogP contribution in [0.25, 0.3) is 0 Å². The molecule has 0 radical (unpaired) electrons. The maximum absolute atomic E-state index is 10.8. The molecule has 1 aliphatic rings. The summed E-state index contributed by atoms with van der Waals surface area (Å²) in [6, 6.07) is 0. The monoisotopic (exact) mass is 164 g/mol. The largest absolute Gasteiger partial charge is 0.302 e. The van der Waals surface area contributed by atoms with Crippen LogP contribution in [0.3, 0.4) is 0 Å². The van der Waals surface area contributed by atoms with Crippen LogP contribution in [0.15, 0.2) is 24.3 Å². The average molecular weight is 164 g/mol. The highest BCUT2D eigenvalue weighted by Gasteiger charge is 2.33. The molecule has 0 aromatic carbocycles. The van der Waals surface area contributed by atoms with Gasteiger partial charge in [0.2, 0.25) is 0 Å². The van der Waals surface area contributed by atoms with E-state index in [1.807, 2.05) is 6.08 Å². The molecule has 0 bridgehead atoms. The highest BCUT2D eigenvalue weighted by molar-refractivity contribution is 5.89. The zero-order chi connectivity index (χ0) is 9.03. The quantitative estimate of drug-likeness (QED) is 0.469. The Morgan fingerprint density at radius 3 is 2.50 bits per heavy atom. The minimum Gasteiger partial charge on any atom is -0.302 e. The van der Waals surface area contributed by atoms with Crippen molar-refractivity contribution in [3.8, 4) is 0 Å². The molecule has 0 spiro atoms. The number of rotatable bonds is 3. The second-order valence-electron chi connectivity index (χ2n) is 3.03. The third kappa shape index (κ3) is 1.24. The number of carbonyl (C=O) groups excluding carboxylic acids is 2. The van der Waals surface area contributed by atoms with Crippen LogP contribution in [0.5, 0.6) is 0 Å². The van der Waals surface area contributed by atoms with Crippen LogP contribution in [-0.2, 0) is 9.59 Å². The Balaban J connectivity index is 3.06. The lowest BCUT2D eigenvalue weighted by atomic mass is 9.75. The maximum Gasteiger partial charge on any atom is 0.137 e. The molecule has 0 atom stereocenters. The summed E-state index contributed by atoms with van der Waals surface area (Å²) < 4.78 is 0. The fourth-order valence-corrected chi connectivity index (χ4v) is 1.54. The summed E-state index contributed by atoms with van der Waals surface area (Å²) in [4.78, 5) is 21.5. The predicted molar refractivity (Wildman–Crippen MR) is 46.7 cm³/mol. The summed E-state index contributed by atoms with van der Waals surface area (Å²) in [5.41, 5.74) is -0.126. The Kier molecular flexibility index (Phi) is 2.58. The van der Waals surface area contributed by atoms with E-state index in [0.717, 1.165) is 31.0 Å². The Morgan fingerprint density at radius 1 is 1.42 bits per heavy atom. The van der Waals surface area contributed by atoms with Gasteiger partial charge in [0.1, 0.15) is 18.0 Å². The normalized spacial score (nSPS) is 20.8. The highest BCUT2D eigenvalue weighted by Crippen LogP contribution is 2.34. The molecule has 64 valence electrons. The van der Waals surface area contributed by atoms with E-state index < -0.39 is 5.41 Å². The number of hydrogen-bond donors (Lipinski definition) is 0. The third-order valence-electron chi connectivity index (χ3n) is 2.34. The lowest BCUT2D eigenvalue weighted by molar-refractivity contribution is -0.124. The fourth-order valence-electron chi connectivity index (χ4n) is 1.54. The SMILES string of the molecule is C=CC1=CCCCC1(C=O)C=O. The van der Waals surface area contributed by atoms with E-state index in [-0.39, 0.29) is 0 Å². The van der Waals surface area contributed by atoms with Crippen molar-refractivity contribution in [3.63, 3.8) is 0 Å². The topological polar surface area (TPSA) is 34.1 Å². The number of carbonyl (C=O) groups is 2. The summed E-state index contributed by atoms with van der Waals surface area (Å²) in [5, 5.41) is 0. The van der Waals surface area contributed by atoms with Crippen LogP contribution in [-0.4, -0.2) is 12.6 Å². The first-order valence-electron chi connectivity index (χ1n) is 4.05. The summed E-state index contributed by atoms with van der Waals surface area (Å²) in [6.07, 6.45) is 7.43. The summed E-state index contributed by atoms with van der Waals surface area (Å²) in [6.45, 7) is 3.59. The smallest absolute Gasteiger partial charge is 0.137 e. The predicted octanol–water partition coefficient (Wildman–Crippen LogP) is 1.67. The van der Waals surface area contributed by atoms with Crippen molar-refractivity contribution in [2.24, 2.45) is 5.41 Å². The molecule has 0 aromatic heterocycles. The van der Waals surface area contributed by atoms with E-state index in [1.54, 1.807) is 6.08 Å². The van der Waals surface area contributed by atoms with Crippen LogP contribution in [0.4, 0.5) is 0 Å². The van der Waals surface area contributed by atoms with Crippen LogP contribution in [0.2, 0.25) is 0 Å². The van der Waals surface area contributed by atoms with Crippen molar-refractivity contribution in [1.29, 1.82) is 0 Å². The van der Waals surface area contributed by atoms with Gasteiger partial charge in [0.15, 0.2) is 0 Å². The first kappa shape index (κ1) is 8.91. The van der Waals surface area contributed by atoms with Crippen molar-refractivity contribution in [1.82, 2.24) is 0 Å². The van der Waals surface area contributed by atoms with Crippen molar-refractivity contribution < 1.29 is 9.59 Å². The number of allylic oxidation sites excluding steroid dienone is 3. The molecule has 0 aliphatic heterocycles. The van der Waals surface area contributed by atoms with Gasteiger partial charge >= 0.3 is 0 Å². The molecule has 0 heterocycles. The highest BCUT2D eigenvalue weighted by atomic mass is 16.1. The van der Waals surface area contributed by atoms with Gasteiger partial charge in [-0.2, -0.15) is 0 Å². The van der Waals surface area contributed by atoms with Crippen LogP contribution < -0.4 is 0 Å². The number of aldehydes is 2. The average Bonchev–Trinajstić information content (AvgIpc) is 2.17. The van der Waals surface area contributed by atoms with Gasteiger partial charge in [0, 0.05) is 0 Å². The van der Waals surface area contributed by atoms with E-state index in [1.165, 1.54) is 0 Å². The molecule has 1 rings (SSSR count). The standard InChI is InChI=1S/C10H12O2/c1-2-9-5-3-4-6-10(9,7-11)8-12/h2,5,7-8H,1,3-4,6H2. The van der Waals surface area contributed by atoms with Gasteiger partial charge < -0.3 is 9.59 Å². The van der Waals surface area contributed by atoms with E-state index >= 15 is 0 Å². The Bertz CT molecular complexity index is 230. The minimum absolute atomic E-state index is 0.623. The third-order valence-corrected chi connectivity index (χ3v) is 2.34. The second-order valence-corrected chi connectivity index (χ2v) is 3.03. The summed E-state index contributed by atoms with van der Waals surface area (Å²) >= 11 is 0. The molecule has 0 amide bonds. The van der Waals surface area contributed by atoms with Crippen LogP contribution in [0, 0.1) is 5.41 Å². The first-order valence-corrected chi connectivity index (χ1v) is 4.05. The zero-order valence-corrected chi connectivity index (χ0v) is 6.95. The van der Waals surface area contributed by atoms with Gasteiger partial charge in [0.05, 0.1) is 0 Å². The van der Waals surface area contributed by atoms with Gasteiger partial charge in [-0.25, -0.2) is 0 Å². The molecule has 0 fully saturated rings. The maximum atomic E-state index is 10.8. The summed E-state index contributed by atoms with van der Waals surface area (Å²) in [7, 11) is 0. The lowest BCUT2D eigenvalue weighted by Gasteiger charge is -2.26. The molecule has 0 N–H and O–H groups in total. The van der Waals surface area contributed by atoms with Crippen molar-refractivity contribution >= 4 is 12.6 Å².